The predicted molar refractivity (Wildman–Crippen MR) is 102 cm³/mol. The second-order valence-corrected chi connectivity index (χ2v) is 6.23. The van der Waals surface area contributed by atoms with Crippen LogP contribution in [0.1, 0.15) is 50.7 Å². The van der Waals surface area contributed by atoms with Crippen LogP contribution in [-0.4, -0.2) is 24.9 Å². The molecule has 1 heterocycles. The van der Waals surface area contributed by atoms with Crippen LogP contribution in [-0.2, 0) is 0 Å². The highest BCUT2D eigenvalue weighted by molar-refractivity contribution is 6.28. The van der Waals surface area contributed by atoms with Crippen molar-refractivity contribution < 1.29 is 9.47 Å². The Hall–Kier alpha value is -2.56. The number of nitrogens with one attached hydrogen (secondary N) is 3. The molecule has 1 aliphatic rings. The Balaban J connectivity index is 2.19. The minimum Gasteiger partial charge on any atom is -0.492 e. The lowest BCUT2D eigenvalue weighted by molar-refractivity contribution is 0.305. The molecular weight excluding hydrogens is 314 g/mol. The summed E-state index contributed by atoms with van der Waals surface area (Å²) in [6, 6.07) is 7.93. The summed E-state index contributed by atoms with van der Waals surface area (Å²) < 4.78 is 12.1. The SMILES string of the molecule is CCCCOc1c2c(c(OCCCC)c3ccccc13)C(=N)NC2=N. The molecule has 0 aromatic heterocycles. The van der Waals surface area contributed by atoms with Crippen molar-refractivity contribution in [2.75, 3.05) is 13.2 Å². The Morgan fingerprint density at radius 2 is 1.24 bits per heavy atom. The molecule has 1 aliphatic heterocycles. The summed E-state index contributed by atoms with van der Waals surface area (Å²) in [6.45, 7) is 5.44. The Morgan fingerprint density at radius 3 is 1.64 bits per heavy atom. The van der Waals surface area contributed by atoms with Crippen molar-refractivity contribution in [2.45, 2.75) is 39.5 Å². The summed E-state index contributed by atoms with van der Waals surface area (Å²) in [5.74, 6) is 1.78. The van der Waals surface area contributed by atoms with Crippen molar-refractivity contribution in [3.63, 3.8) is 0 Å². The fourth-order valence-electron chi connectivity index (χ4n) is 3.04. The molecule has 0 unspecified atom stereocenters. The van der Waals surface area contributed by atoms with Gasteiger partial charge in [0.1, 0.15) is 23.2 Å². The van der Waals surface area contributed by atoms with Crippen molar-refractivity contribution in [1.82, 2.24) is 5.32 Å². The lowest BCUT2D eigenvalue weighted by atomic mass is 9.98. The number of unbranched alkanes of at least 4 members (excludes halogenated alkanes) is 2. The first kappa shape index (κ1) is 17.3. The zero-order valence-electron chi connectivity index (χ0n) is 14.9. The Labute approximate surface area is 148 Å². The van der Waals surface area contributed by atoms with E-state index in [1.807, 2.05) is 24.3 Å². The third-order valence-corrected chi connectivity index (χ3v) is 4.36. The molecular formula is C20H25N3O2. The topological polar surface area (TPSA) is 78.2 Å². The summed E-state index contributed by atoms with van der Waals surface area (Å²) in [5, 5.41) is 21.3. The zero-order valence-corrected chi connectivity index (χ0v) is 14.9. The van der Waals surface area contributed by atoms with Gasteiger partial charge in [-0.05, 0) is 12.8 Å². The van der Waals surface area contributed by atoms with Gasteiger partial charge >= 0.3 is 0 Å². The summed E-state index contributed by atoms with van der Waals surface area (Å²) >= 11 is 0. The van der Waals surface area contributed by atoms with E-state index >= 15 is 0 Å². The van der Waals surface area contributed by atoms with Crippen LogP contribution in [0.2, 0.25) is 0 Å². The molecule has 2 aromatic carbocycles. The summed E-state index contributed by atoms with van der Waals surface area (Å²) in [6.07, 6.45) is 4.00. The first-order valence-electron chi connectivity index (χ1n) is 8.98. The van der Waals surface area contributed by atoms with E-state index in [0.29, 0.717) is 35.8 Å². The molecule has 5 heteroatoms. The number of fused-ring (bicyclic) bond motifs is 2. The minimum absolute atomic E-state index is 0.206. The van der Waals surface area contributed by atoms with Crippen LogP contribution >= 0.6 is 0 Å². The smallest absolute Gasteiger partial charge is 0.139 e. The quantitative estimate of drug-likeness (QED) is 0.622. The number of hydrogen-bond donors (Lipinski definition) is 3. The molecule has 3 rings (SSSR count). The molecule has 0 amide bonds. The fourth-order valence-corrected chi connectivity index (χ4v) is 3.04. The van der Waals surface area contributed by atoms with Crippen LogP contribution in [0, 0.1) is 10.8 Å². The number of rotatable bonds is 8. The van der Waals surface area contributed by atoms with Crippen LogP contribution in [0.4, 0.5) is 0 Å². The standard InChI is InChI=1S/C20H25N3O2/c1-3-5-11-24-17-13-9-7-8-10-14(13)18(25-12-6-4-2)16-15(17)19(21)23-20(16)22/h7-10H,3-6,11-12H2,1-2H3,(H3,21,22,23). The molecule has 2 aromatic rings. The molecule has 5 nitrogen and oxygen atoms in total. The molecule has 0 aliphatic carbocycles. The number of benzene rings is 2. The highest BCUT2D eigenvalue weighted by atomic mass is 16.5. The van der Waals surface area contributed by atoms with Crippen LogP contribution < -0.4 is 14.8 Å². The van der Waals surface area contributed by atoms with Gasteiger partial charge in [-0.25, -0.2) is 0 Å². The molecule has 0 saturated carbocycles. The lowest BCUT2D eigenvalue weighted by Gasteiger charge is -2.18. The van der Waals surface area contributed by atoms with E-state index in [9.17, 15) is 0 Å². The lowest BCUT2D eigenvalue weighted by Crippen LogP contribution is -2.20. The monoisotopic (exact) mass is 339 g/mol. The molecule has 0 fully saturated rings. The maximum atomic E-state index is 8.28. The summed E-state index contributed by atoms with van der Waals surface area (Å²) in [5.41, 5.74) is 1.29. The van der Waals surface area contributed by atoms with Crippen molar-refractivity contribution in [3.05, 3.63) is 35.4 Å². The van der Waals surface area contributed by atoms with Gasteiger partial charge in [0, 0.05) is 10.8 Å². The zero-order chi connectivity index (χ0) is 17.8. The molecule has 0 radical (unpaired) electrons. The van der Waals surface area contributed by atoms with E-state index in [2.05, 4.69) is 19.2 Å². The number of amidine groups is 2. The van der Waals surface area contributed by atoms with Gasteiger partial charge in [0.2, 0.25) is 0 Å². The van der Waals surface area contributed by atoms with E-state index in [1.165, 1.54) is 0 Å². The maximum Gasteiger partial charge on any atom is 0.139 e. The van der Waals surface area contributed by atoms with Crippen LogP contribution in [0.15, 0.2) is 24.3 Å². The van der Waals surface area contributed by atoms with E-state index in [1.54, 1.807) is 0 Å². The molecule has 132 valence electrons. The Kier molecular flexibility index (Phi) is 5.22. The normalized spacial score (nSPS) is 13.0. The van der Waals surface area contributed by atoms with Crippen molar-refractivity contribution in [2.24, 2.45) is 0 Å². The van der Waals surface area contributed by atoms with Crippen molar-refractivity contribution in [1.29, 1.82) is 10.8 Å². The van der Waals surface area contributed by atoms with Gasteiger partial charge in [-0.2, -0.15) is 0 Å². The van der Waals surface area contributed by atoms with Gasteiger partial charge in [-0.15, -0.1) is 0 Å². The summed E-state index contributed by atoms with van der Waals surface area (Å²) in [7, 11) is 0. The second kappa shape index (κ2) is 7.55. The van der Waals surface area contributed by atoms with Gasteiger partial charge in [-0.3, -0.25) is 10.8 Å². The average Bonchev–Trinajstić information content (AvgIpc) is 2.91. The Bertz CT molecular complexity index is 748. The highest BCUT2D eigenvalue weighted by Gasteiger charge is 2.32. The maximum absolute atomic E-state index is 8.28. The van der Waals surface area contributed by atoms with E-state index in [4.69, 9.17) is 20.3 Å². The van der Waals surface area contributed by atoms with Crippen LogP contribution in [0.25, 0.3) is 10.8 Å². The van der Waals surface area contributed by atoms with Gasteiger partial charge in [0.15, 0.2) is 0 Å². The first-order chi connectivity index (χ1) is 12.2. The van der Waals surface area contributed by atoms with Crippen molar-refractivity contribution >= 4 is 22.4 Å². The molecule has 0 bridgehead atoms. The number of ether oxygens (including phenoxy) is 2. The van der Waals surface area contributed by atoms with Gasteiger partial charge < -0.3 is 14.8 Å². The highest BCUT2D eigenvalue weighted by Crippen LogP contribution is 2.43. The van der Waals surface area contributed by atoms with E-state index < -0.39 is 0 Å². The molecule has 25 heavy (non-hydrogen) atoms. The minimum atomic E-state index is 0.206. The van der Waals surface area contributed by atoms with E-state index in [0.717, 1.165) is 36.5 Å². The molecule has 0 atom stereocenters. The summed E-state index contributed by atoms with van der Waals surface area (Å²) in [4.78, 5) is 0. The van der Waals surface area contributed by atoms with Gasteiger partial charge in [0.05, 0.1) is 24.3 Å². The largest absolute Gasteiger partial charge is 0.492 e. The third kappa shape index (κ3) is 3.18. The first-order valence-corrected chi connectivity index (χ1v) is 8.98. The molecule has 3 N–H and O–H groups in total. The van der Waals surface area contributed by atoms with Gasteiger partial charge in [-0.1, -0.05) is 51.0 Å². The Morgan fingerprint density at radius 1 is 0.800 bits per heavy atom. The van der Waals surface area contributed by atoms with Gasteiger partial charge in [0.25, 0.3) is 0 Å². The fraction of sp³-hybridized carbons (Fsp3) is 0.400. The van der Waals surface area contributed by atoms with Crippen molar-refractivity contribution in [3.8, 4) is 11.5 Å². The molecule has 0 spiro atoms. The second-order valence-electron chi connectivity index (χ2n) is 6.23. The van der Waals surface area contributed by atoms with Crippen LogP contribution in [0.5, 0.6) is 11.5 Å². The predicted octanol–water partition coefficient (Wildman–Crippen LogP) is 4.45. The third-order valence-electron chi connectivity index (χ3n) is 4.36. The number of hydrogen-bond acceptors (Lipinski definition) is 4. The van der Waals surface area contributed by atoms with E-state index in [-0.39, 0.29) is 11.7 Å². The average molecular weight is 339 g/mol. The van der Waals surface area contributed by atoms with Crippen LogP contribution in [0.3, 0.4) is 0 Å². The molecule has 0 saturated heterocycles.